The monoisotopic (exact) mass is 295 g/mol. The first-order chi connectivity index (χ1) is 10.0. The lowest BCUT2D eigenvalue weighted by atomic mass is 10.0. The summed E-state index contributed by atoms with van der Waals surface area (Å²) in [5.74, 6) is -0.0994. The van der Waals surface area contributed by atoms with Gasteiger partial charge in [-0.25, -0.2) is 4.68 Å². The van der Waals surface area contributed by atoms with Crippen LogP contribution in [0.5, 0.6) is 0 Å². The number of aromatic nitrogens is 2. The van der Waals surface area contributed by atoms with Crippen molar-refractivity contribution in [2.45, 2.75) is 26.0 Å². The Bertz CT molecular complexity index is 555. The average Bonchev–Trinajstić information content (AvgIpc) is 2.95. The minimum atomic E-state index is -0.425. The Kier molecular flexibility index (Phi) is 5.08. The molecule has 1 N–H and O–H groups in total. The number of amides is 1. The van der Waals surface area contributed by atoms with Crippen LogP contribution in [0.1, 0.15) is 23.8 Å². The van der Waals surface area contributed by atoms with Crippen LogP contribution in [0.25, 0.3) is 0 Å². The van der Waals surface area contributed by atoms with Gasteiger partial charge in [0, 0.05) is 32.2 Å². The minimum Gasteiger partial charge on any atom is -0.393 e. The normalized spacial score (nSPS) is 19.8. The molecule has 7 heteroatoms. The van der Waals surface area contributed by atoms with Crippen LogP contribution in [0, 0.1) is 5.92 Å². The highest BCUT2D eigenvalue weighted by atomic mass is 16.5. The smallest absolute Gasteiger partial charge is 0.274 e. The van der Waals surface area contributed by atoms with Gasteiger partial charge >= 0.3 is 0 Å². The molecule has 1 fully saturated rings. The number of carbonyl (C=O) groups is 1. The molecule has 2 heterocycles. The van der Waals surface area contributed by atoms with Crippen LogP contribution in [0.4, 0.5) is 0 Å². The van der Waals surface area contributed by atoms with E-state index in [1.807, 2.05) is 0 Å². The van der Waals surface area contributed by atoms with Gasteiger partial charge in [0.25, 0.3) is 11.5 Å². The van der Waals surface area contributed by atoms with Crippen LogP contribution in [-0.4, -0.2) is 58.6 Å². The molecule has 1 amide bonds. The van der Waals surface area contributed by atoms with Crippen molar-refractivity contribution in [1.29, 1.82) is 0 Å². The Hall–Kier alpha value is -1.73. The molecule has 0 aliphatic carbocycles. The van der Waals surface area contributed by atoms with E-state index in [2.05, 4.69) is 5.10 Å². The lowest BCUT2D eigenvalue weighted by molar-refractivity contribution is 0.0753. The number of ether oxygens (including phenoxy) is 1. The molecule has 1 aliphatic heterocycles. The van der Waals surface area contributed by atoms with E-state index in [0.29, 0.717) is 26.2 Å². The predicted octanol–water partition coefficient (Wildman–Crippen LogP) is -0.267. The summed E-state index contributed by atoms with van der Waals surface area (Å²) < 4.78 is 6.15. The van der Waals surface area contributed by atoms with Crippen molar-refractivity contribution >= 4 is 5.91 Å². The van der Waals surface area contributed by atoms with Crippen molar-refractivity contribution in [1.82, 2.24) is 14.7 Å². The fourth-order valence-corrected chi connectivity index (χ4v) is 2.43. The third-order valence-electron chi connectivity index (χ3n) is 3.79. The van der Waals surface area contributed by atoms with E-state index in [-0.39, 0.29) is 23.1 Å². The lowest BCUT2D eigenvalue weighted by Gasteiger charge is -2.17. The highest BCUT2D eigenvalue weighted by Crippen LogP contribution is 2.20. The topological polar surface area (TPSA) is 84.7 Å². The Morgan fingerprint density at radius 2 is 2.33 bits per heavy atom. The van der Waals surface area contributed by atoms with Crippen molar-refractivity contribution in [2.75, 3.05) is 26.8 Å². The van der Waals surface area contributed by atoms with Crippen molar-refractivity contribution in [3.8, 4) is 0 Å². The lowest BCUT2D eigenvalue weighted by Crippen LogP contribution is -2.33. The summed E-state index contributed by atoms with van der Waals surface area (Å²) in [4.78, 5) is 25.7. The number of hydrogen-bond acceptors (Lipinski definition) is 5. The van der Waals surface area contributed by atoms with Crippen LogP contribution in [0.2, 0.25) is 0 Å². The van der Waals surface area contributed by atoms with Gasteiger partial charge in [-0.15, -0.1) is 0 Å². The highest BCUT2D eigenvalue weighted by Gasteiger charge is 2.30. The summed E-state index contributed by atoms with van der Waals surface area (Å²) in [5.41, 5.74) is -0.0103. The first-order valence-corrected chi connectivity index (χ1v) is 7.07. The van der Waals surface area contributed by atoms with Gasteiger partial charge in [0.05, 0.1) is 19.3 Å². The van der Waals surface area contributed by atoms with E-state index < -0.39 is 6.10 Å². The number of aliphatic hydroxyl groups excluding tert-OH is 1. The third-order valence-corrected chi connectivity index (χ3v) is 3.79. The molecule has 0 saturated carbocycles. The van der Waals surface area contributed by atoms with Crippen LogP contribution in [0.3, 0.4) is 0 Å². The van der Waals surface area contributed by atoms with Crippen molar-refractivity contribution in [3.63, 3.8) is 0 Å². The second kappa shape index (κ2) is 6.82. The van der Waals surface area contributed by atoms with E-state index in [1.165, 1.54) is 16.8 Å². The molecule has 0 spiro atoms. The Balaban J connectivity index is 2.11. The summed E-state index contributed by atoms with van der Waals surface area (Å²) in [6, 6.07) is 2.79. The van der Waals surface area contributed by atoms with Gasteiger partial charge in [0.15, 0.2) is 0 Å². The Labute approximate surface area is 123 Å². The zero-order valence-corrected chi connectivity index (χ0v) is 12.4. The van der Waals surface area contributed by atoms with Gasteiger partial charge in [0.2, 0.25) is 0 Å². The average molecular weight is 295 g/mol. The van der Waals surface area contributed by atoms with Crippen LogP contribution in [-0.2, 0) is 11.3 Å². The summed E-state index contributed by atoms with van der Waals surface area (Å²) in [7, 11) is 1.54. The van der Waals surface area contributed by atoms with Crippen molar-refractivity contribution < 1.29 is 14.6 Å². The quantitative estimate of drug-likeness (QED) is 0.808. The molecule has 0 bridgehead atoms. The predicted molar refractivity (Wildman–Crippen MR) is 76.1 cm³/mol. The molecule has 0 radical (unpaired) electrons. The van der Waals surface area contributed by atoms with E-state index >= 15 is 0 Å². The fraction of sp³-hybridized carbons (Fsp3) is 0.643. The molecule has 1 saturated heterocycles. The maximum absolute atomic E-state index is 12.4. The first-order valence-electron chi connectivity index (χ1n) is 7.07. The number of likely N-dealkylation sites (tertiary alicyclic amines) is 1. The van der Waals surface area contributed by atoms with Crippen LogP contribution >= 0.6 is 0 Å². The first kappa shape index (κ1) is 15.7. The zero-order valence-electron chi connectivity index (χ0n) is 12.4. The third kappa shape index (κ3) is 3.68. The highest BCUT2D eigenvalue weighted by molar-refractivity contribution is 5.92. The maximum Gasteiger partial charge on any atom is 0.274 e. The molecular weight excluding hydrogens is 274 g/mol. The van der Waals surface area contributed by atoms with E-state index in [4.69, 9.17) is 4.74 Å². The number of hydrogen-bond donors (Lipinski definition) is 1. The molecule has 2 rings (SSSR count). The minimum absolute atomic E-state index is 0.105. The number of methoxy groups -OCH3 is 1. The molecule has 116 valence electrons. The standard InChI is InChI=1S/C14H21N3O4/c1-10(18)11-5-6-16(9-11)14(20)12-3-4-13(19)17(15-12)7-8-21-2/h3-4,10-11,18H,5-9H2,1-2H3. The second-order valence-corrected chi connectivity index (χ2v) is 5.31. The Morgan fingerprint density at radius 3 is 2.95 bits per heavy atom. The SMILES string of the molecule is COCCn1nc(C(=O)N2CCC(C(C)O)C2)ccc1=O. The number of carbonyl (C=O) groups excluding carboxylic acids is 1. The van der Waals surface area contributed by atoms with Gasteiger partial charge in [-0.2, -0.15) is 5.10 Å². The van der Waals surface area contributed by atoms with Gasteiger partial charge in [0.1, 0.15) is 5.69 Å². The molecular formula is C14H21N3O4. The molecule has 1 aliphatic rings. The molecule has 2 atom stereocenters. The van der Waals surface area contributed by atoms with Crippen molar-refractivity contribution in [2.24, 2.45) is 5.92 Å². The van der Waals surface area contributed by atoms with Gasteiger partial charge in [-0.05, 0) is 19.4 Å². The van der Waals surface area contributed by atoms with Crippen LogP contribution < -0.4 is 5.56 Å². The maximum atomic E-state index is 12.4. The largest absolute Gasteiger partial charge is 0.393 e. The summed E-state index contributed by atoms with van der Waals surface area (Å²) in [6.45, 7) is 3.54. The number of aliphatic hydroxyl groups is 1. The van der Waals surface area contributed by atoms with Crippen LogP contribution in [0.15, 0.2) is 16.9 Å². The molecule has 2 unspecified atom stereocenters. The molecule has 7 nitrogen and oxygen atoms in total. The summed E-state index contributed by atoms with van der Waals surface area (Å²) in [6.07, 6.45) is 0.360. The van der Waals surface area contributed by atoms with Gasteiger partial charge in [-0.1, -0.05) is 0 Å². The van der Waals surface area contributed by atoms with E-state index in [9.17, 15) is 14.7 Å². The number of nitrogens with zero attached hydrogens (tertiary/aromatic N) is 3. The zero-order chi connectivity index (χ0) is 15.4. The van der Waals surface area contributed by atoms with Crippen molar-refractivity contribution in [3.05, 3.63) is 28.2 Å². The molecule has 21 heavy (non-hydrogen) atoms. The second-order valence-electron chi connectivity index (χ2n) is 5.31. The summed E-state index contributed by atoms with van der Waals surface area (Å²) in [5, 5.41) is 13.7. The van der Waals surface area contributed by atoms with Gasteiger partial charge < -0.3 is 14.7 Å². The van der Waals surface area contributed by atoms with E-state index in [1.54, 1.807) is 18.9 Å². The fourth-order valence-electron chi connectivity index (χ4n) is 2.43. The van der Waals surface area contributed by atoms with E-state index in [0.717, 1.165) is 6.42 Å². The number of rotatable bonds is 5. The molecule has 1 aromatic rings. The summed E-state index contributed by atoms with van der Waals surface area (Å²) >= 11 is 0. The van der Waals surface area contributed by atoms with Gasteiger partial charge in [-0.3, -0.25) is 9.59 Å². The Morgan fingerprint density at radius 1 is 1.57 bits per heavy atom. The molecule has 1 aromatic heterocycles. The molecule has 0 aromatic carbocycles.